The molecule has 0 fully saturated rings. The molecule has 0 amide bonds. The molecule has 2 atom stereocenters. The molecule has 1 aromatic heterocycles. The molecule has 0 aliphatic carbocycles. The normalized spacial score (nSPS) is 17.4. The highest BCUT2D eigenvalue weighted by atomic mass is 32.1. The summed E-state index contributed by atoms with van der Waals surface area (Å²) in [6.07, 6.45) is 1.49. The lowest BCUT2D eigenvalue weighted by molar-refractivity contribution is 0.0420. The van der Waals surface area contributed by atoms with Crippen molar-refractivity contribution in [2.24, 2.45) is 11.1 Å². The van der Waals surface area contributed by atoms with Crippen LogP contribution >= 0.6 is 11.3 Å². The van der Waals surface area contributed by atoms with Crippen LogP contribution in [0.25, 0.3) is 0 Å². The zero-order chi connectivity index (χ0) is 11.5. The number of aliphatic hydroxyl groups excluding tert-OH is 1. The molecule has 2 nitrogen and oxygen atoms in total. The van der Waals surface area contributed by atoms with Gasteiger partial charge in [0, 0.05) is 21.7 Å². The average molecular weight is 227 g/mol. The number of rotatable bonds is 5. The second-order valence-electron chi connectivity index (χ2n) is 4.27. The number of hydrogen-bond donors (Lipinski definition) is 2. The van der Waals surface area contributed by atoms with Gasteiger partial charge < -0.3 is 10.8 Å². The molecule has 0 aliphatic rings. The molecule has 0 radical (unpaired) electrons. The van der Waals surface area contributed by atoms with E-state index in [4.69, 9.17) is 5.73 Å². The molecule has 1 aromatic rings. The van der Waals surface area contributed by atoms with Gasteiger partial charge in [-0.2, -0.15) is 0 Å². The first-order valence-electron chi connectivity index (χ1n) is 5.54. The van der Waals surface area contributed by atoms with Crippen LogP contribution in [0.2, 0.25) is 0 Å². The summed E-state index contributed by atoms with van der Waals surface area (Å²) in [5.41, 5.74) is 5.54. The number of aryl methyl sites for hydroxylation is 1. The maximum Gasteiger partial charge on any atom is 0.0947 e. The number of hydrogen-bond acceptors (Lipinski definition) is 3. The van der Waals surface area contributed by atoms with Crippen LogP contribution in [0.3, 0.4) is 0 Å². The quantitative estimate of drug-likeness (QED) is 0.812. The molecule has 2 unspecified atom stereocenters. The van der Waals surface area contributed by atoms with Crippen LogP contribution in [0.1, 0.15) is 43.1 Å². The Morgan fingerprint density at radius 3 is 2.53 bits per heavy atom. The van der Waals surface area contributed by atoms with Crippen molar-refractivity contribution < 1.29 is 5.11 Å². The minimum atomic E-state index is -0.433. The van der Waals surface area contributed by atoms with E-state index < -0.39 is 6.10 Å². The van der Waals surface area contributed by atoms with Crippen molar-refractivity contribution in [1.82, 2.24) is 0 Å². The van der Waals surface area contributed by atoms with Gasteiger partial charge in [-0.1, -0.05) is 20.8 Å². The molecule has 0 saturated carbocycles. The van der Waals surface area contributed by atoms with E-state index in [1.807, 2.05) is 13.0 Å². The lowest BCUT2D eigenvalue weighted by atomic mass is 9.81. The predicted octanol–water partition coefficient (Wildman–Crippen LogP) is 2.72. The Morgan fingerprint density at radius 1 is 1.47 bits per heavy atom. The molecule has 86 valence electrons. The average Bonchev–Trinajstić information content (AvgIpc) is 2.75. The summed E-state index contributed by atoms with van der Waals surface area (Å²) in [5.74, 6) is 0. The summed E-state index contributed by atoms with van der Waals surface area (Å²) in [7, 11) is 0. The monoisotopic (exact) mass is 227 g/mol. The van der Waals surface area contributed by atoms with Crippen LogP contribution in [-0.2, 0) is 6.42 Å². The van der Waals surface area contributed by atoms with Crippen LogP contribution in [0, 0.1) is 5.41 Å². The first kappa shape index (κ1) is 12.7. The van der Waals surface area contributed by atoms with Crippen molar-refractivity contribution in [3.05, 3.63) is 21.9 Å². The topological polar surface area (TPSA) is 46.2 Å². The first-order chi connectivity index (χ1) is 7.07. The summed E-state index contributed by atoms with van der Waals surface area (Å²) in [6, 6.07) is 4.12. The van der Waals surface area contributed by atoms with Gasteiger partial charge in [-0.05, 0) is 25.0 Å². The van der Waals surface area contributed by atoms with E-state index in [1.54, 1.807) is 11.3 Å². The highest BCUT2D eigenvalue weighted by Crippen LogP contribution is 2.38. The lowest BCUT2D eigenvalue weighted by Crippen LogP contribution is -2.32. The van der Waals surface area contributed by atoms with E-state index in [1.165, 1.54) is 4.88 Å². The molecule has 0 spiro atoms. The van der Waals surface area contributed by atoms with Crippen molar-refractivity contribution in [2.45, 2.75) is 39.7 Å². The standard InChI is InChI=1S/C12H21NOS/c1-4-9-6-7-10(15-9)11(14)12(3,5-2)8-13/h6-7,11,14H,4-5,8,13H2,1-3H3. The molecular weight excluding hydrogens is 206 g/mol. The molecule has 0 aromatic carbocycles. The molecule has 1 rings (SSSR count). The van der Waals surface area contributed by atoms with E-state index in [0.717, 1.165) is 17.7 Å². The van der Waals surface area contributed by atoms with Crippen molar-refractivity contribution in [3.8, 4) is 0 Å². The van der Waals surface area contributed by atoms with Gasteiger partial charge >= 0.3 is 0 Å². The highest BCUT2D eigenvalue weighted by Gasteiger charge is 2.31. The third-order valence-corrected chi connectivity index (χ3v) is 4.52. The predicted molar refractivity (Wildman–Crippen MR) is 66.1 cm³/mol. The Morgan fingerprint density at radius 2 is 2.13 bits per heavy atom. The van der Waals surface area contributed by atoms with Crippen LogP contribution in [0.5, 0.6) is 0 Å². The van der Waals surface area contributed by atoms with Crippen LogP contribution in [0.4, 0.5) is 0 Å². The SMILES string of the molecule is CCc1ccc(C(O)C(C)(CC)CN)s1. The Labute approximate surface area is 96.1 Å². The molecule has 0 bridgehead atoms. The van der Waals surface area contributed by atoms with Gasteiger partial charge in [-0.3, -0.25) is 0 Å². The van der Waals surface area contributed by atoms with Crippen LogP contribution < -0.4 is 5.73 Å². The Hall–Kier alpha value is -0.380. The fraction of sp³-hybridized carbons (Fsp3) is 0.667. The summed E-state index contributed by atoms with van der Waals surface area (Å²) in [6.45, 7) is 6.77. The van der Waals surface area contributed by atoms with Gasteiger partial charge in [0.25, 0.3) is 0 Å². The highest BCUT2D eigenvalue weighted by molar-refractivity contribution is 7.12. The molecule has 0 aliphatic heterocycles. The summed E-state index contributed by atoms with van der Waals surface area (Å²) in [4.78, 5) is 2.36. The van der Waals surface area contributed by atoms with Crippen molar-refractivity contribution in [3.63, 3.8) is 0 Å². The molecular formula is C12H21NOS. The summed E-state index contributed by atoms with van der Waals surface area (Å²) < 4.78 is 0. The fourth-order valence-corrected chi connectivity index (χ4v) is 2.64. The summed E-state index contributed by atoms with van der Waals surface area (Å²) in [5, 5.41) is 10.3. The van der Waals surface area contributed by atoms with Gasteiger partial charge in [0.15, 0.2) is 0 Å². The minimum Gasteiger partial charge on any atom is -0.387 e. The van der Waals surface area contributed by atoms with Crippen molar-refractivity contribution in [2.75, 3.05) is 6.54 Å². The zero-order valence-corrected chi connectivity index (χ0v) is 10.6. The van der Waals surface area contributed by atoms with Gasteiger partial charge in [0.05, 0.1) is 6.10 Å². The largest absolute Gasteiger partial charge is 0.387 e. The maximum absolute atomic E-state index is 10.3. The lowest BCUT2D eigenvalue weighted by Gasteiger charge is -2.31. The van der Waals surface area contributed by atoms with E-state index in [2.05, 4.69) is 19.9 Å². The van der Waals surface area contributed by atoms with E-state index in [9.17, 15) is 5.11 Å². The third-order valence-electron chi connectivity index (χ3n) is 3.23. The maximum atomic E-state index is 10.3. The Kier molecular flexibility index (Phi) is 4.32. The van der Waals surface area contributed by atoms with Gasteiger partial charge in [-0.25, -0.2) is 0 Å². The second-order valence-corrected chi connectivity index (χ2v) is 5.47. The van der Waals surface area contributed by atoms with Gasteiger partial charge in [0.2, 0.25) is 0 Å². The summed E-state index contributed by atoms with van der Waals surface area (Å²) >= 11 is 1.69. The van der Waals surface area contributed by atoms with Crippen molar-refractivity contribution in [1.29, 1.82) is 0 Å². The molecule has 0 saturated heterocycles. The fourth-order valence-electron chi connectivity index (χ4n) is 1.52. The van der Waals surface area contributed by atoms with Gasteiger partial charge in [-0.15, -0.1) is 11.3 Å². The first-order valence-corrected chi connectivity index (χ1v) is 6.35. The van der Waals surface area contributed by atoms with E-state index >= 15 is 0 Å². The number of nitrogens with two attached hydrogens (primary N) is 1. The van der Waals surface area contributed by atoms with Crippen LogP contribution in [-0.4, -0.2) is 11.7 Å². The number of aliphatic hydroxyl groups is 1. The molecule has 1 heterocycles. The number of thiophene rings is 1. The Balaban J connectivity index is 2.87. The molecule has 15 heavy (non-hydrogen) atoms. The molecule has 3 heteroatoms. The third kappa shape index (κ3) is 2.60. The van der Waals surface area contributed by atoms with Crippen LogP contribution in [0.15, 0.2) is 12.1 Å². The smallest absolute Gasteiger partial charge is 0.0947 e. The van der Waals surface area contributed by atoms with E-state index in [-0.39, 0.29) is 5.41 Å². The molecule has 3 N–H and O–H groups in total. The zero-order valence-electron chi connectivity index (χ0n) is 9.79. The minimum absolute atomic E-state index is 0.199. The Bertz CT molecular complexity index is 304. The van der Waals surface area contributed by atoms with Gasteiger partial charge in [0.1, 0.15) is 0 Å². The second kappa shape index (κ2) is 5.10. The van der Waals surface area contributed by atoms with E-state index in [0.29, 0.717) is 6.54 Å². The van der Waals surface area contributed by atoms with Crippen molar-refractivity contribution >= 4 is 11.3 Å².